The van der Waals surface area contributed by atoms with Crippen LogP contribution in [-0.2, 0) is 0 Å². The van der Waals surface area contributed by atoms with Gasteiger partial charge in [-0.3, -0.25) is 4.98 Å². The average molecular weight is 294 g/mol. The van der Waals surface area contributed by atoms with Gasteiger partial charge in [-0.2, -0.15) is 0 Å². The minimum Gasteiger partial charge on any atom is -0.326 e. The fraction of sp³-hybridized carbons (Fsp3) is 0.267. The molecule has 5 heteroatoms. The van der Waals surface area contributed by atoms with Gasteiger partial charge in [-0.25, -0.2) is 8.78 Å². The summed E-state index contributed by atoms with van der Waals surface area (Å²) < 4.78 is 27.0. The van der Waals surface area contributed by atoms with E-state index in [2.05, 4.69) is 4.98 Å². The zero-order chi connectivity index (χ0) is 14.5. The SMILES string of the molecule is CCC(N)C(Sc1cc(F)ccc1F)c1ccccn1. The van der Waals surface area contributed by atoms with E-state index in [1.807, 2.05) is 25.1 Å². The molecule has 0 fully saturated rings. The molecule has 1 aromatic heterocycles. The molecule has 1 heterocycles. The van der Waals surface area contributed by atoms with Crippen molar-refractivity contribution in [3.63, 3.8) is 0 Å². The van der Waals surface area contributed by atoms with E-state index in [0.29, 0.717) is 0 Å². The Bertz CT molecular complexity index is 563. The molecule has 106 valence electrons. The normalized spacial score (nSPS) is 14.0. The molecule has 20 heavy (non-hydrogen) atoms. The van der Waals surface area contributed by atoms with Crippen molar-refractivity contribution >= 4 is 11.8 Å². The third kappa shape index (κ3) is 3.55. The maximum atomic E-state index is 13.8. The number of nitrogens with two attached hydrogens (primary N) is 1. The van der Waals surface area contributed by atoms with Crippen molar-refractivity contribution in [2.24, 2.45) is 5.73 Å². The zero-order valence-electron chi connectivity index (χ0n) is 11.1. The lowest BCUT2D eigenvalue weighted by molar-refractivity contribution is 0.574. The van der Waals surface area contributed by atoms with E-state index in [0.717, 1.165) is 24.2 Å². The first-order chi connectivity index (χ1) is 9.61. The average Bonchev–Trinajstić information content (AvgIpc) is 2.48. The van der Waals surface area contributed by atoms with Gasteiger partial charge in [-0.1, -0.05) is 13.0 Å². The predicted molar refractivity (Wildman–Crippen MR) is 77.5 cm³/mol. The van der Waals surface area contributed by atoms with Crippen LogP contribution in [0.1, 0.15) is 24.3 Å². The first kappa shape index (κ1) is 14.9. The Morgan fingerprint density at radius 3 is 2.70 bits per heavy atom. The molecular weight excluding hydrogens is 278 g/mol. The van der Waals surface area contributed by atoms with Gasteiger partial charge in [0.05, 0.1) is 10.9 Å². The highest BCUT2D eigenvalue weighted by Gasteiger charge is 2.22. The predicted octanol–water partition coefficient (Wildman–Crippen LogP) is 3.93. The summed E-state index contributed by atoms with van der Waals surface area (Å²) in [4.78, 5) is 4.53. The van der Waals surface area contributed by atoms with Crippen LogP contribution in [0.2, 0.25) is 0 Å². The van der Waals surface area contributed by atoms with E-state index in [-0.39, 0.29) is 16.2 Å². The molecule has 0 saturated heterocycles. The lowest BCUT2D eigenvalue weighted by Crippen LogP contribution is -2.26. The molecule has 0 aliphatic heterocycles. The van der Waals surface area contributed by atoms with Gasteiger partial charge in [0.1, 0.15) is 11.6 Å². The summed E-state index contributed by atoms with van der Waals surface area (Å²) in [5.41, 5.74) is 6.88. The summed E-state index contributed by atoms with van der Waals surface area (Å²) in [6.07, 6.45) is 2.40. The highest BCUT2D eigenvalue weighted by atomic mass is 32.2. The molecule has 0 amide bonds. The Morgan fingerprint density at radius 2 is 2.05 bits per heavy atom. The lowest BCUT2D eigenvalue weighted by atomic mass is 10.1. The third-order valence-electron chi connectivity index (χ3n) is 2.99. The van der Waals surface area contributed by atoms with E-state index in [1.165, 1.54) is 17.8 Å². The molecule has 0 aliphatic carbocycles. The highest BCUT2D eigenvalue weighted by molar-refractivity contribution is 7.99. The molecule has 2 N–H and O–H groups in total. The van der Waals surface area contributed by atoms with Crippen molar-refractivity contribution in [1.29, 1.82) is 0 Å². The number of hydrogen-bond donors (Lipinski definition) is 1. The monoisotopic (exact) mass is 294 g/mol. The van der Waals surface area contributed by atoms with Crippen LogP contribution in [0, 0.1) is 11.6 Å². The molecule has 1 aromatic carbocycles. The standard InChI is InChI=1S/C15H16F2N2S/c1-2-12(18)15(13-5-3-4-8-19-13)20-14-9-10(16)6-7-11(14)17/h3-9,12,15H,2,18H2,1H3. The number of pyridine rings is 1. The smallest absolute Gasteiger partial charge is 0.136 e. The van der Waals surface area contributed by atoms with Crippen LogP contribution >= 0.6 is 11.8 Å². The summed E-state index contributed by atoms with van der Waals surface area (Å²) in [5.74, 6) is -0.903. The van der Waals surface area contributed by atoms with Crippen molar-refractivity contribution in [3.8, 4) is 0 Å². The number of halogens is 2. The van der Waals surface area contributed by atoms with Gasteiger partial charge in [0, 0.05) is 17.1 Å². The van der Waals surface area contributed by atoms with Crippen LogP contribution in [0.25, 0.3) is 0 Å². The second-order valence-corrected chi connectivity index (χ2v) is 5.62. The molecule has 0 saturated carbocycles. The van der Waals surface area contributed by atoms with Crippen molar-refractivity contribution in [1.82, 2.24) is 4.98 Å². The second kappa shape index (κ2) is 6.81. The molecule has 0 radical (unpaired) electrons. The number of thioether (sulfide) groups is 1. The molecule has 2 nitrogen and oxygen atoms in total. The van der Waals surface area contributed by atoms with Gasteiger partial charge in [0.15, 0.2) is 0 Å². The van der Waals surface area contributed by atoms with Crippen LogP contribution < -0.4 is 5.73 Å². The number of rotatable bonds is 5. The lowest BCUT2D eigenvalue weighted by Gasteiger charge is -2.22. The van der Waals surface area contributed by atoms with Gasteiger partial charge >= 0.3 is 0 Å². The van der Waals surface area contributed by atoms with Crippen LogP contribution in [-0.4, -0.2) is 11.0 Å². The first-order valence-corrected chi connectivity index (χ1v) is 7.28. The summed E-state index contributed by atoms with van der Waals surface area (Å²) in [7, 11) is 0. The van der Waals surface area contributed by atoms with Crippen LogP contribution in [0.15, 0.2) is 47.5 Å². The molecule has 0 bridgehead atoms. The second-order valence-electron chi connectivity index (χ2n) is 4.44. The summed E-state index contributed by atoms with van der Waals surface area (Å²) in [5, 5.41) is -0.211. The van der Waals surface area contributed by atoms with Crippen molar-refractivity contribution in [3.05, 3.63) is 59.9 Å². The minimum absolute atomic E-state index is 0.183. The van der Waals surface area contributed by atoms with Crippen molar-refractivity contribution in [2.45, 2.75) is 29.5 Å². The van der Waals surface area contributed by atoms with Crippen LogP contribution in [0.3, 0.4) is 0 Å². The Kier molecular flexibility index (Phi) is 5.09. The van der Waals surface area contributed by atoms with Crippen molar-refractivity contribution in [2.75, 3.05) is 0 Å². The quantitative estimate of drug-likeness (QED) is 0.849. The van der Waals surface area contributed by atoms with Gasteiger partial charge in [-0.15, -0.1) is 11.8 Å². The molecule has 2 unspecified atom stereocenters. The Hall–Kier alpha value is -1.46. The van der Waals surface area contributed by atoms with E-state index in [4.69, 9.17) is 5.73 Å². The topological polar surface area (TPSA) is 38.9 Å². The van der Waals surface area contributed by atoms with E-state index in [9.17, 15) is 8.78 Å². The number of benzene rings is 1. The fourth-order valence-corrected chi connectivity index (χ4v) is 3.09. The summed E-state index contributed by atoms with van der Waals surface area (Å²) >= 11 is 1.21. The van der Waals surface area contributed by atoms with Crippen molar-refractivity contribution < 1.29 is 8.78 Å². The molecular formula is C15H16F2N2S. The third-order valence-corrected chi connectivity index (χ3v) is 4.40. The molecule has 2 aromatic rings. The fourth-order valence-electron chi connectivity index (χ4n) is 1.83. The number of nitrogens with zero attached hydrogens (tertiary/aromatic N) is 1. The molecule has 0 spiro atoms. The Balaban J connectivity index is 2.31. The van der Waals surface area contributed by atoms with Gasteiger partial charge in [0.25, 0.3) is 0 Å². The van der Waals surface area contributed by atoms with Crippen LogP contribution in [0.5, 0.6) is 0 Å². The number of hydrogen-bond acceptors (Lipinski definition) is 3. The maximum Gasteiger partial charge on any atom is 0.136 e. The summed E-state index contributed by atoms with van der Waals surface area (Å²) in [6.45, 7) is 1.96. The Morgan fingerprint density at radius 1 is 1.25 bits per heavy atom. The highest BCUT2D eigenvalue weighted by Crippen LogP contribution is 2.38. The van der Waals surface area contributed by atoms with E-state index >= 15 is 0 Å². The summed E-state index contributed by atoms with van der Waals surface area (Å²) in [6, 6.07) is 8.77. The Labute approximate surface area is 121 Å². The van der Waals surface area contributed by atoms with Gasteiger partial charge in [-0.05, 0) is 36.8 Å². The van der Waals surface area contributed by atoms with E-state index < -0.39 is 11.6 Å². The van der Waals surface area contributed by atoms with Gasteiger partial charge < -0.3 is 5.73 Å². The molecule has 2 atom stereocenters. The molecule has 2 rings (SSSR count). The minimum atomic E-state index is -0.459. The van der Waals surface area contributed by atoms with Gasteiger partial charge in [0.2, 0.25) is 0 Å². The van der Waals surface area contributed by atoms with Crippen LogP contribution in [0.4, 0.5) is 8.78 Å². The van der Waals surface area contributed by atoms with E-state index in [1.54, 1.807) is 6.20 Å². The largest absolute Gasteiger partial charge is 0.326 e. The molecule has 0 aliphatic rings. The first-order valence-electron chi connectivity index (χ1n) is 6.40. The maximum absolute atomic E-state index is 13.8. The number of aromatic nitrogens is 1. The zero-order valence-corrected chi connectivity index (χ0v) is 11.9.